The van der Waals surface area contributed by atoms with Crippen LogP contribution < -0.4 is 4.74 Å². The van der Waals surface area contributed by atoms with Crippen LogP contribution in [-0.2, 0) is 6.42 Å². The van der Waals surface area contributed by atoms with E-state index < -0.39 is 5.97 Å². The Hall–Kier alpha value is -4.12. The quantitative estimate of drug-likeness (QED) is 0.269. The lowest BCUT2D eigenvalue weighted by atomic mass is 9.96. The summed E-state index contributed by atoms with van der Waals surface area (Å²) in [6.45, 7) is 6.74. The van der Waals surface area contributed by atoms with Crippen LogP contribution in [0.1, 0.15) is 39.2 Å². The summed E-state index contributed by atoms with van der Waals surface area (Å²) in [4.78, 5) is 12.1. The molecule has 0 saturated heterocycles. The highest BCUT2D eigenvalue weighted by Crippen LogP contribution is 2.31. The molecule has 0 aliphatic carbocycles. The van der Waals surface area contributed by atoms with E-state index in [0.29, 0.717) is 19.4 Å². The number of ether oxygens (including phenoxy) is 1. The molecule has 0 bridgehead atoms. The molecule has 176 valence electrons. The zero-order valence-electron chi connectivity index (χ0n) is 20.2. The number of fused-ring (bicyclic) bond motifs is 2. The third kappa shape index (κ3) is 4.26. The second-order valence-corrected chi connectivity index (χ2v) is 9.04. The van der Waals surface area contributed by atoms with Gasteiger partial charge in [0, 0.05) is 16.5 Å². The number of aryl methyl sites for hydroxylation is 4. The lowest BCUT2D eigenvalue weighted by Gasteiger charge is -2.13. The van der Waals surface area contributed by atoms with Gasteiger partial charge < -0.3 is 9.84 Å². The van der Waals surface area contributed by atoms with Crippen molar-refractivity contribution < 1.29 is 14.6 Å². The minimum Gasteiger partial charge on any atom is -0.493 e. The van der Waals surface area contributed by atoms with Gasteiger partial charge in [-0.15, -0.1) is 0 Å². The highest BCUT2D eigenvalue weighted by Gasteiger charge is 2.21. The molecule has 0 fully saturated rings. The lowest BCUT2D eigenvalue weighted by molar-refractivity contribution is 0.0689. The summed E-state index contributed by atoms with van der Waals surface area (Å²) in [6.07, 6.45) is 1.24. The summed E-state index contributed by atoms with van der Waals surface area (Å²) in [7, 11) is 0. The number of benzene rings is 3. The summed E-state index contributed by atoms with van der Waals surface area (Å²) in [6, 6.07) is 24.4. The van der Waals surface area contributed by atoms with Crippen molar-refractivity contribution in [3.05, 3.63) is 101 Å². The van der Waals surface area contributed by atoms with E-state index in [-0.39, 0.29) is 5.69 Å². The first-order valence-electron chi connectivity index (χ1n) is 11.9. The molecular formula is C30H28N2O3. The van der Waals surface area contributed by atoms with Crippen molar-refractivity contribution >= 4 is 22.3 Å². The number of hydrogen-bond donors (Lipinski definition) is 1. The van der Waals surface area contributed by atoms with E-state index in [2.05, 4.69) is 56.2 Å². The van der Waals surface area contributed by atoms with Gasteiger partial charge in [0.25, 0.3) is 0 Å². The molecule has 0 unspecified atom stereocenters. The van der Waals surface area contributed by atoms with Crippen LogP contribution in [0.4, 0.5) is 0 Å². The van der Waals surface area contributed by atoms with Gasteiger partial charge in [-0.25, -0.2) is 9.31 Å². The predicted octanol–water partition coefficient (Wildman–Crippen LogP) is 6.79. The molecule has 0 saturated carbocycles. The zero-order valence-corrected chi connectivity index (χ0v) is 20.2. The van der Waals surface area contributed by atoms with Gasteiger partial charge in [-0.1, -0.05) is 60.2 Å². The molecule has 0 spiro atoms. The second-order valence-electron chi connectivity index (χ2n) is 9.04. The average Bonchev–Trinajstić information content (AvgIpc) is 3.21. The van der Waals surface area contributed by atoms with Crippen molar-refractivity contribution in [1.82, 2.24) is 9.61 Å². The fourth-order valence-corrected chi connectivity index (χ4v) is 5.06. The molecule has 35 heavy (non-hydrogen) atoms. The Balaban J connectivity index is 1.45. The number of nitrogens with zero attached hydrogens (tertiary/aromatic N) is 2. The minimum atomic E-state index is -1.01. The van der Waals surface area contributed by atoms with Crippen molar-refractivity contribution in [3.8, 4) is 17.0 Å². The SMILES string of the molecule is Cc1cc(C)c(-c2cccc3c(CCCOc4cccc5ccccc45)c(C(=O)O)nn23)c(C)c1. The first kappa shape index (κ1) is 22.7. The summed E-state index contributed by atoms with van der Waals surface area (Å²) in [5.74, 6) is -0.170. The van der Waals surface area contributed by atoms with Crippen molar-refractivity contribution in [2.75, 3.05) is 6.61 Å². The molecule has 1 N–H and O–H groups in total. The van der Waals surface area contributed by atoms with E-state index in [9.17, 15) is 9.90 Å². The number of carboxylic acid groups (broad SMARTS) is 1. The van der Waals surface area contributed by atoms with Gasteiger partial charge in [0.1, 0.15) is 5.75 Å². The van der Waals surface area contributed by atoms with E-state index in [4.69, 9.17) is 4.74 Å². The van der Waals surface area contributed by atoms with Gasteiger partial charge in [-0.2, -0.15) is 5.10 Å². The number of rotatable bonds is 7. The third-order valence-electron chi connectivity index (χ3n) is 6.47. The smallest absolute Gasteiger partial charge is 0.356 e. The predicted molar refractivity (Wildman–Crippen MR) is 140 cm³/mol. The van der Waals surface area contributed by atoms with E-state index >= 15 is 0 Å². The van der Waals surface area contributed by atoms with Gasteiger partial charge in [0.2, 0.25) is 0 Å². The van der Waals surface area contributed by atoms with Crippen LogP contribution in [-0.4, -0.2) is 27.3 Å². The Morgan fingerprint density at radius 2 is 1.66 bits per heavy atom. The third-order valence-corrected chi connectivity index (χ3v) is 6.47. The molecule has 5 heteroatoms. The van der Waals surface area contributed by atoms with Crippen LogP contribution in [0, 0.1) is 20.8 Å². The molecule has 0 atom stereocenters. The minimum absolute atomic E-state index is 0.102. The Morgan fingerprint density at radius 1 is 0.943 bits per heavy atom. The normalized spacial score (nSPS) is 11.3. The van der Waals surface area contributed by atoms with E-state index in [1.165, 1.54) is 5.56 Å². The van der Waals surface area contributed by atoms with Crippen molar-refractivity contribution in [2.24, 2.45) is 0 Å². The Morgan fingerprint density at radius 3 is 2.43 bits per heavy atom. The van der Waals surface area contributed by atoms with Gasteiger partial charge >= 0.3 is 5.97 Å². The fraction of sp³-hybridized carbons (Fsp3) is 0.200. The summed E-state index contributed by atoms with van der Waals surface area (Å²) in [5, 5.41) is 16.7. The number of aromatic nitrogens is 2. The van der Waals surface area contributed by atoms with Crippen molar-refractivity contribution in [1.29, 1.82) is 0 Å². The highest BCUT2D eigenvalue weighted by atomic mass is 16.5. The summed E-state index contributed by atoms with van der Waals surface area (Å²) < 4.78 is 7.88. The van der Waals surface area contributed by atoms with Gasteiger partial charge in [-0.05, 0) is 68.3 Å². The Labute approximate surface area is 204 Å². The van der Waals surface area contributed by atoms with Crippen LogP contribution in [0.25, 0.3) is 27.5 Å². The summed E-state index contributed by atoms with van der Waals surface area (Å²) in [5.41, 5.74) is 7.15. The molecule has 0 radical (unpaired) electrons. The van der Waals surface area contributed by atoms with Crippen molar-refractivity contribution in [3.63, 3.8) is 0 Å². The highest BCUT2D eigenvalue weighted by molar-refractivity contribution is 5.90. The largest absolute Gasteiger partial charge is 0.493 e. The maximum absolute atomic E-state index is 12.1. The molecule has 3 aromatic carbocycles. The van der Waals surface area contributed by atoms with Crippen LogP contribution in [0.15, 0.2) is 72.8 Å². The van der Waals surface area contributed by atoms with Crippen molar-refractivity contribution in [2.45, 2.75) is 33.6 Å². The van der Waals surface area contributed by atoms with Crippen LogP contribution in [0.3, 0.4) is 0 Å². The van der Waals surface area contributed by atoms with Gasteiger partial charge in [-0.3, -0.25) is 0 Å². The summed E-state index contributed by atoms with van der Waals surface area (Å²) >= 11 is 0. The van der Waals surface area contributed by atoms with Gasteiger partial charge in [0.05, 0.1) is 17.8 Å². The maximum Gasteiger partial charge on any atom is 0.356 e. The molecule has 2 heterocycles. The number of aromatic carboxylic acids is 1. The zero-order chi connectivity index (χ0) is 24.5. The molecule has 0 aliphatic heterocycles. The second kappa shape index (κ2) is 9.26. The standard InChI is InChI=1S/C30H28N2O3/c1-19-17-20(2)28(21(3)18-19)26-14-7-13-25-24(29(30(33)34)31-32(25)26)12-8-16-35-27-15-6-10-22-9-4-5-11-23(22)27/h4-7,9-11,13-15,17-18H,8,12,16H2,1-3H3,(H,33,34). The number of carboxylic acids is 1. The van der Waals surface area contributed by atoms with E-state index in [1.54, 1.807) is 4.52 Å². The Bertz CT molecular complexity index is 1540. The van der Waals surface area contributed by atoms with Gasteiger partial charge in [0.15, 0.2) is 5.69 Å². The molecule has 0 aliphatic rings. The van der Waals surface area contributed by atoms with E-state index in [0.717, 1.165) is 50.0 Å². The average molecular weight is 465 g/mol. The fourth-order valence-electron chi connectivity index (χ4n) is 5.06. The maximum atomic E-state index is 12.1. The van der Waals surface area contributed by atoms with Crippen LogP contribution >= 0.6 is 0 Å². The van der Waals surface area contributed by atoms with Crippen LogP contribution in [0.5, 0.6) is 5.75 Å². The molecule has 5 rings (SSSR count). The molecule has 2 aromatic heterocycles. The first-order chi connectivity index (χ1) is 16.9. The number of carbonyl (C=O) groups is 1. The number of hydrogen-bond acceptors (Lipinski definition) is 3. The van der Waals surface area contributed by atoms with E-state index in [1.807, 2.05) is 42.5 Å². The van der Waals surface area contributed by atoms with Crippen LogP contribution in [0.2, 0.25) is 0 Å². The first-order valence-corrected chi connectivity index (χ1v) is 11.9. The molecule has 5 aromatic rings. The molecule has 0 amide bonds. The lowest BCUT2D eigenvalue weighted by Crippen LogP contribution is -2.04. The topological polar surface area (TPSA) is 63.8 Å². The number of pyridine rings is 1. The Kier molecular flexibility index (Phi) is 6.00. The molecule has 5 nitrogen and oxygen atoms in total. The molecular weight excluding hydrogens is 436 g/mol. The monoisotopic (exact) mass is 464 g/mol.